The fourth-order valence-electron chi connectivity index (χ4n) is 1.53. The number of hydrogen-bond donors (Lipinski definition) is 1. The normalized spacial score (nSPS) is 9.83. The van der Waals surface area contributed by atoms with E-state index in [0.29, 0.717) is 22.6 Å². The third-order valence-corrected chi connectivity index (χ3v) is 2.95. The molecule has 0 bridgehead atoms. The molecule has 0 unspecified atom stereocenters. The average molecular weight is 305 g/mol. The Morgan fingerprint density at radius 3 is 2.83 bits per heavy atom. The monoisotopic (exact) mass is 304 g/mol. The van der Waals surface area contributed by atoms with Crippen LogP contribution in [-0.2, 0) is 0 Å². The van der Waals surface area contributed by atoms with Crippen LogP contribution < -0.4 is 5.32 Å². The van der Waals surface area contributed by atoms with E-state index in [1.54, 1.807) is 31.2 Å². The van der Waals surface area contributed by atoms with Crippen molar-refractivity contribution in [2.75, 3.05) is 5.32 Å². The highest BCUT2D eigenvalue weighted by Crippen LogP contribution is 2.22. The maximum Gasteiger partial charge on any atom is 0.259 e. The maximum atomic E-state index is 12.0. The van der Waals surface area contributed by atoms with Gasteiger partial charge in [0.2, 0.25) is 0 Å². The van der Waals surface area contributed by atoms with Crippen molar-refractivity contribution in [3.63, 3.8) is 0 Å². The summed E-state index contributed by atoms with van der Waals surface area (Å²) in [6.07, 6.45) is 1.45. The average Bonchev–Trinajstić information content (AvgIpc) is 2.76. The number of nitrogens with one attached hydrogen (secondary N) is 1. The number of hydrogen-bond acceptors (Lipinski definition) is 3. The van der Waals surface area contributed by atoms with E-state index in [-0.39, 0.29) is 5.91 Å². The highest BCUT2D eigenvalue weighted by molar-refractivity contribution is 9.10. The van der Waals surface area contributed by atoms with Gasteiger partial charge in [-0.3, -0.25) is 4.79 Å². The number of furan rings is 1. The predicted octanol–water partition coefficient (Wildman–Crippen LogP) is 3.47. The van der Waals surface area contributed by atoms with Crippen molar-refractivity contribution >= 4 is 27.5 Å². The van der Waals surface area contributed by atoms with Crippen LogP contribution in [0.25, 0.3) is 0 Å². The SMILES string of the molecule is Cc1occc1C(=O)Nc1cc(Br)ccc1C#N. The lowest BCUT2D eigenvalue weighted by Crippen LogP contribution is -2.13. The van der Waals surface area contributed by atoms with E-state index in [1.807, 2.05) is 6.07 Å². The third kappa shape index (κ3) is 2.44. The highest BCUT2D eigenvalue weighted by atomic mass is 79.9. The maximum absolute atomic E-state index is 12.0. The molecule has 0 spiro atoms. The summed E-state index contributed by atoms with van der Waals surface area (Å²) in [6.45, 7) is 1.71. The van der Waals surface area contributed by atoms with Crippen molar-refractivity contribution in [1.29, 1.82) is 5.26 Å². The second-order valence-electron chi connectivity index (χ2n) is 3.65. The summed E-state index contributed by atoms with van der Waals surface area (Å²) < 4.78 is 5.86. The smallest absolute Gasteiger partial charge is 0.259 e. The zero-order chi connectivity index (χ0) is 13.1. The van der Waals surface area contributed by atoms with Crippen LogP contribution >= 0.6 is 15.9 Å². The molecule has 0 aliphatic carbocycles. The summed E-state index contributed by atoms with van der Waals surface area (Å²) in [5.74, 6) is 0.247. The first kappa shape index (κ1) is 12.4. The lowest BCUT2D eigenvalue weighted by atomic mass is 10.2. The van der Waals surface area contributed by atoms with Gasteiger partial charge in [-0.25, -0.2) is 0 Å². The Hall–Kier alpha value is -2.06. The number of carbonyl (C=O) groups excluding carboxylic acids is 1. The minimum Gasteiger partial charge on any atom is -0.469 e. The zero-order valence-electron chi connectivity index (χ0n) is 9.53. The summed E-state index contributed by atoms with van der Waals surface area (Å²) in [6, 6.07) is 8.70. The molecule has 5 heteroatoms. The van der Waals surface area contributed by atoms with Crippen molar-refractivity contribution in [2.45, 2.75) is 6.92 Å². The van der Waals surface area contributed by atoms with E-state index in [4.69, 9.17) is 9.68 Å². The van der Waals surface area contributed by atoms with Gasteiger partial charge in [-0.15, -0.1) is 0 Å². The van der Waals surface area contributed by atoms with Crippen LogP contribution in [0.5, 0.6) is 0 Å². The molecular formula is C13H9BrN2O2. The number of aryl methyl sites for hydroxylation is 1. The van der Waals surface area contributed by atoms with Gasteiger partial charge in [0.15, 0.2) is 0 Å². The molecule has 18 heavy (non-hydrogen) atoms. The van der Waals surface area contributed by atoms with Gasteiger partial charge in [-0.2, -0.15) is 5.26 Å². The van der Waals surface area contributed by atoms with Crippen LogP contribution in [0.3, 0.4) is 0 Å². The van der Waals surface area contributed by atoms with E-state index >= 15 is 0 Å². The molecule has 0 aliphatic heterocycles. The summed E-state index contributed by atoms with van der Waals surface area (Å²) in [4.78, 5) is 12.0. The van der Waals surface area contributed by atoms with E-state index < -0.39 is 0 Å². The molecular weight excluding hydrogens is 296 g/mol. The first-order valence-electron chi connectivity index (χ1n) is 5.17. The molecule has 0 radical (unpaired) electrons. The van der Waals surface area contributed by atoms with Crippen LogP contribution in [0.15, 0.2) is 39.4 Å². The summed E-state index contributed by atoms with van der Waals surface area (Å²) >= 11 is 3.30. The molecule has 1 heterocycles. The Labute approximate surface area is 112 Å². The van der Waals surface area contributed by atoms with Gasteiger partial charge in [0.1, 0.15) is 11.8 Å². The van der Waals surface area contributed by atoms with Crippen molar-refractivity contribution in [2.24, 2.45) is 0 Å². The Morgan fingerprint density at radius 2 is 2.22 bits per heavy atom. The number of amides is 1. The summed E-state index contributed by atoms with van der Waals surface area (Å²) in [7, 11) is 0. The number of rotatable bonds is 2. The zero-order valence-corrected chi connectivity index (χ0v) is 11.1. The molecule has 0 aliphatic rings. The second-order valence-corrected chi connectivity index (χ2v) is 4.56. The molecule has 2 aromatic rings. The van der Waals surface area contributed by atoms with Gasteiger partial charge in [-0.1, -0.05) is 15.9 Å². The lowest BCUT2D eigenvalue weighted by Gasteiger charge is -2.06. The molecule has 1 aromatic heterocycles. The van der Waals surface area contributed by atoms with Crippen molar-refractivity contribution in [3.05, 3.63) is 51.9 Å². The van der Waals surface area contributed by atoms with Crippen LogP contribution in [0.1, 0.15) is 21.7 Å². The Kier molecular flexibility index (Phi) is 3.49. The fourth-order valence-corrected chi connectivity index (χ4v) is 1.89. The van der Waals surface area contributed by atoms with Gasteiger partial charge in [0, 0.05) is 4.47 Å². The molecule has 0 saturated carbocycles. The first-order chi connectivity index (χ1) is 8.61. The van der Waals surface area contributed by atoms with Crippen molar-refractivity contribution in [3.8, 4) is 6.07 Å². The molecule has 2 rings (SSSR count). The van der Waals surface area contributed by atoms with Crippen molar-refractivity contribution < 1.29 is 9.21 Å². The number of halogens is 1. The minimum absolute atomic E-state index is 0.296. The quantitative estimate of drug-likeness (QED) is 0.923. The van der Waals surface area contributed by atoms with Crippen LogP contribution in [-0.4, -0.2) is 5.91 Å². The second kappa shape index (κ2) is 5.07. The molecule has 0 fully saturated rings. The Morgan fingerprint density at radius 1 is 1.44 bits per heavy atom. The molecule has 4 nitrogen and oxygen atoms in total. The fraction of sp³-hybridized carbons (Fsp3) is 0.0769. The van der Waals surface area contributed by atoms with Gasteiger partial charge in [0.05, 0.1) is 23.1 Å². The lowest BCUT2D eigenvalue weighted by molar-refractivity contribution is 0.102. The van der Waals surface area contributed by atoms with Gasteiger partial charge < -0.3 is 9.73 Å². The van der Waals surface area contributed by atoms with Gasteiger partial charge in [0.25, 0.3) is 5.91 Å². The highest BCUT2D eigenvalue weighted by Gasteiger charge is 2.13. The number of nitriles is 1. The molecule has 0 atom stereocenters. The summed E-state index contributed by atoms with van der Waals surface area (Å²) in [5, 5.41) is 11.7. The molecule has 90 valence electrons. The van der Waals surface area contributed by atoms with Crippen LogP contribution in [0.4, 0.5) is 5.69 Å². The predicted molar refractivity (Wildman–Crippen MR) is 70.3 cm³/mol. The Bertz CT molecular complexity index is 641. The van der Waals surface area contributed by atoms with Gasteiger partial charge >= 0.3 is 0 Å². The number of benzene rings is 1. The van der Waals surface area contributed by atoms with E-state index in [0.717, 1.165) is 4.47 Å². The molecule has 0 saturated heterocycles. The van der Waals surface area contributed by atoms with E-state index in [2.05, 4.69) is 21.2 Å². The summed E-state index contributed by atoms with van der Waals surface area (Å²) in [5.41, 5.74) is 1.34. The Balaban J connectivity index is 2.30. The number of carbonyl (C=O) groups is 1. The standard InChI is InChI=1S/C13H9BrN2O2/c1-8-11(4-5-18-8)13(17)16-12-6-10(14)3-2-9(12)7-15/h2-6H,1H3,(H,16,17). The van der Waals surface area contributed by atoms with Crippen molar-refractivity contribution in [1.82, 2.24) is 0 Å². The third-order valence-electron chi connectivity index (χ3n) is 2.45. The first-order valence-corrected chi connectivity index (χ1v) is 5.96. The molecule has 1 aromatic carbocycles. The molecule has 1 N–H and O–H groups in total. The van der Waals surface area contributed by atoms with Gasteiger partial charge in [-0.05, 0) is 31.2 Å². The topological polar surface area (TPSA) is 66.0 Å². The van der Waals surface area contributed by atoms with E-state index in [9.17, 15) is 4.79 Å². The molecule has 1 amide bonds. The number of anilines is 1. The largest absolute Gasteiger partial charge is 0.469 e. The minimum atomic E-state index is -0.296. The van der Waals surface area contributed by atoms with Crippen LogP contribution in [0.2, 0.25) is 0 Å². The number of nitrogens with zero attached hydrogens (tertiary/aromatic N) is 1. The van der Waals surface area contributed by atoms with E-state index in [1.165, 1.54) is 6.26 Å². The van der Waals surface area contributed by atoms with Crippen LogP contribution in [0, 0.1) is 18.3 Å².